The van der Waals surface area contributed by atoms with Crippen molar-refractivity contribution in [2.45, 2.75) is 37.8 Å². The monoisotopic (exact) mass is 181 g/mol. The van der Waals surface area contributed by atoms with E-state index in [2.05, 4.69) is 5.10 Å². The minimum Gasteiger partial charge on any atom is -0.505 e. The van der Waals surface area contributed by atoms with Gasteiger partial charge in [-0.1, -0.05) is 0 Å². The van der Waals surface area contributed by atoms with Crippen LogP contribution in [-0.2, 0) is 0 Å². The molecule has 1 aromatic heterocycles. The first kappa shape index (κ1) is 8.56. The molecule has 4 heteroatoms. The van der Waals surface area contributed by atoms with Gasteiger partial charge < -0.3 is 10.8 Å². The maximum atomic E-state index is 9.13. The Morgan fingerprint density at radius 3 is 2.62 bits per heavy atom. The van der Waals surface area contributed by atoms with Gasteiger partial charge >= 0.3 is 0 Å². The Morgan fingerprint density at radius 1 is 1.38 bits per heavy atom. The van der Waals surface area contributed by atoms with Gasteiger partial charge in [0.15, 0.2) is 5.75 Å². The van der Waals surface area contributed by atoms with Gasteiger partial charge in [-0.15, -0.1) is 0 Å². The van der Waals surface area contributed by atoms with Crippen molar-refractivity contribution in [3.8, 4) is 5.75 Å². The quantitative estimate of drug-likeness (QED) is 0.680. The third kappa shape index (κ3) is 1.83. The highest BCUT2D eigenvalue weighted by molar-refractivity contribution is 5.09. The molecule has 0 radical (unpaired) electrons. The van der Waals surface area contributed by atoms with Gasteiger partial charge in [0.05, 0.1) is 18.4 Å². The fraction of sp³-hybridized carbons (Fsp3) is 0.667. The van der Waals surface area contributed by atoms with E-state index in [-0.39, 0.29) is 5.75 Å². The van der Waals surface area contributed by atoms with Gasteiger partial charge in [0.25, 0.3) is 0 Å². The molecule has 1 fully saturated rings. The summed E-state index contributed by atoms with van der Waals surface area (Å²) in [5.41, 5.74) is 5.80. The zero-order valence-corrected chi connectivity index (χ0v) is 7.56. The van der Waals surface area contributed by atoms with Gasteiger partial charge in [0.1, 0.15) is 0 Å². The molecule has 0 aliphatic heterocycles. The predicted octanol–water partition coefficient (Wildman–Crippen LogP) is 1.03. The second-order valence-electron chi connectivity index (χ2n) is 3.75. The first-order chi connectivity index (χ1) is 6.25. The Bertz CT molecular complexity index is 276. The molecule has 3 N–H and O–H groups in total. The molecule has 0 atom stereocenters. The molecule has 1 aliphatic rings. The highest BCUT2D eigenvalue weighted by Gasteiger charge is 2.20. The molecular weight excluding hydrogens is 166 g/mol. The van der Waals surface area contributed by atoms with Gasteiger partial charge in [0.2, 0.25) is 0 Å². The molecular formula is C9H15N3O. The maximum absolute atomic E-state index is 9.13. The van der Waals surface area contributed by atoms with Crippen molar-refractivity contribution in [2.24, 2.45) is 5.73 Å². The van der Waals surface area contributed by atoms with E-state index in [4.69, 9.17) is 10.8 Å². The van der Waals surface area contributed by atoms with Crippen LogP contribution >= 0.6 is 0 Å². The number of hydrogen-bond donors (Lipinski definition) is 2. The molecule has 0 bridgehead atoms. The molecule has 13 heavy (non-hydrogen) atoms. The van der Waals surface area contributed by atoms with Gasteiger partial charge in [-0.2, -0.15) is 5.10 Å². The van der Waals surface area contributed by atoms with Crippen molar-refractivity contribution in [1.82, 2.24) is 9.78 Å². The lowest BCUT2D eigenvalue weighted by molar-refractivity contribution is 0.303. The van der Waals surface area contributed by atoms with Gasteiger partial charge in [-0.05, 0) is 25.7 Å². The zero-order valence-electron chi connectivity index (χ0n) is 7.56. The second kappa shape index (κ2) is 3.38. The van der Waals surface area contributed by atoms with Crippen molar-refractivity contribution in [2.75, 3.05) is 0 Å². The number of aromatic nitrogens is 2. The minimum atomic E-state index is 0.245. The number of hydrogen-bond acceptors (Lipinski definition) is 3. The van der Waals surface area contributed by atoms with E-state index in [1.165, 1.54) is 6.20 Å². The van der Waals surface area contributed by atoms with Crippen LogP contribution in [0.4, 0.5) is 0 Å². The summed E-state index contributed by atoms with van der Waals surface area (Å²) in [6.45, 7) is 0. The smallest absolute Gasteiger partial charge is 0.153 e. The van der Waals surface area contributed by atoms with E-state index in [0.29, 0.717) is 12.1 Å². The second-order valence-corrected chi connectivity index (χ2v) is 3.75. The van der Waals surface area contributed by atoms with Gasteiger partial charge in [-0.25, -0.2) is 0 Å². The zero-order chi connectivity index (χ0) is 9.26. The average Bonchev–Trinajstić information content (AvgIpc) is 2.53. The molecule has 0 aromatic carbocycles. The summed E-state index contributed by atoms with van der Waals surface area (Å²) in [6.07, 6.45) is 7.43. The van der Waals surface area contributed by atoms with Crippen LogP contribution in [0.25, 0.3) is 0 Å². The first-order valence-corrected chi connectivity index (χ1v) is 4.74. The topological polar surface area (TPSA) is 64.1 Å². The van der Waals surface area contributed by atoms with Crippen molar-refractivity contribution in [1.29, 1.82) is 0 Å². The molecule has 1 aliphatic carbocycles. The average molecular weight is 181 g/mol. The summed E-state index contributed by atoms with van der Waals surface area (Å²) in [4.78, 5) is 0. The SMILES string of the molecule is NC1CCC(n2cc(O)cn2)CC1. The summed E-state index contributed by atoms with van der Waals surface area (Å²) in [5, 5.41) is 13.2. The molecule has 1 aromatic rings. The molecule has 72 valence electrons. The fourth-order valence-corrected chi connectivity index (χ4v) is 1.89. The first-order valence-electron chi connectivity index (χ1n) is 4.74. The van der Waals surface area contributed by atoms with Crippen LogP contribution in [0, 0.1) is 0 Å². The Hall–Kier alpha value is -1.03. The van der Waals surface area contributed by atoms with E-state index < -0.39 is 0 Å². The fourth-order valence-electron chi connectivity index (χ4n) is 1.89. The Labute approximate surface area is 77.4 Å². The van der Waals surface area contributed by atoms with Crippen LogP contribution in [0.1, 0.15) is 31.7 Å². The molecule has 0 spiro atoms. The molecule has 0 amide bonds. The van der Waals surface area contributed by atoms with Crippen LogP contribution < -0.4 is 5.73 Å². The largest absolute Gasteiger partial charge is 0.505 e. The molecule has 1 heterocycles. The van der Waals surface area contributed by atoms with Crippen LogP contribution in [0.3, 0.4) is 0 Å². The van der Waals surface area contributed by atoms with E-state index in [0.717, 1.165) is 25.7 Å². The van der Waals surface area contributed by atoms with E-state index in [9.17, 15) is 0 Å². The maximum Gasteiger partial charge on any atom is 0.153 e. The van der Waals surface area contributed by atoms with E-state index in [1.807, 2.05) is 4.68 Å². The third-order valence-electron chi connectivity index (χ3n) is 2.70. The van der Waals surface area contributed by atoms with Crippen LogP contribution in [-0.4, -0.2) is 20.9 Å². The predicted molar refractivity (Wildman–Crippen MR) is 49.4 cm³/mol. The normalized spacial score (nSPS) is 29.0. The van der Waals surface area contributed by atoms with E-state index in [1.54, 1.807) is 6.20 Å². The summed E-state index contributed by atoms with van der Waals surface area (Å²) < 4.78 is 1.85. The highest BCUT2D eigenvalue weighted by atomic mass is 16.3. The van der Waals surface area contributed by atoms with E-state index >= 15 is 0 Å². The van der Waals surface area contributed by atoms with Crippen molar-refractivity contribution in [3.63, 3.8) is 0 Å². The molecule has 0 unspecified atom stereocenters. The Kier molecular flexibility index (Phi) is 2.22. The molecule has 2 rings (SSSR count). The van der Waals surface area contributed by atoms with Gasteiger partial charge in [0, 0.05) is 6.04 Å². The summed E-state index contributed by atoms with van der Waals surface area (Å²) >= 11 is 0. The number of rotatable bonds is 1. The molecule has 1 saturated carbocycles. The minimum absolute atomic E-state index is 0.245. The van der Waals surface area contributed by atoms with Crippen LogP contribution in [0.15, 0.2) is 12.4 Å². The lowest BCUT2D eigenvalue weighted by Gasteiger charge is -2.25. The molecule has 0 saturated heterocycles. The Balaban J connectivity index is 2.02. The third-order valence-corrected chi connectivity index (χ3v) is 2.70. The Morgan fingerprint density at radius 2 is 2.08 bits per heavy atom. The summed E-state index contributed by atoms with van der Waals surface area (Å²) in [5.74, 6) is 0.245. The van der Waals surface area contributed by atoms with Crippen molar-refractivity contribution >= 4 is 0 Å². The summed E-state index contributed by atoms with van der Waals surface area (Å²) in [6, 6.07) is 0.793. The number of nitrogens with zero attached hydrogens (tertiary/aromatic N) is 2. The lowest BCUT2D eigenvalue weighted by atomic mass is 9.92. The summed E-state index contributed by atoms with van der Waals surface area (Å²) in [7, 11) is 0. The van der Waals surface area contributed by atoms with Gasteiger partial charge in [-0.3, -0.25) is 4.68 Å². The van der Waals surface area contributed by atoms with Crippen LogP contribution in [0.5, 0.6) is 5.75 Å². The molecule has 4 nitrogen and oxygen atoms in total. The number of aromatic hydroxyl groups is 1. The highest BCUT2D eigenvalue weighted by Crippen LogP contribution is 2.27. The standard InChI is InChI=1S/C9H15N3O/c10-7-1-3-8(4-2-7)12-6-9(13)5-11-12/h5-8,13H,1-4,10H2. The van der Waals surface area contributed by atoms with Crippen LogP contribution in [0.2, 0.25) is 0 Å². The van der Waals surface area contributed by atoms with Crippen molar-refractivity contribution in [3.05, 3.63) is 12.4 Å². The number of nitrogens with two attached hydrogens (primary N) is 1. The lowest BCUT2D eigenvalue weighted by Crippen LogP contribution is -2.27. The van der Waals surface area contributed by atoms with Crippen molar-refractivity contribution < 1.29 is 5.11 Å².